The van der Waals surface area contributed by atoms with E-state index in [-0.39, 0.29) is 56.9 Å². The van der Waals surface area contributed by atoms with Crippen LogP contribution in [0.2, 0.25) is 0 Å². The number of aliphatic hydroxyl groups excluding tert-OH is 1. The lowest BCUT2D eigenvalue weighted by Crippen LogP contribution is -2.56. The van der Waals surface area contributed by atoms with E-state index in [1.54, 1.807) is 17.1 Å². The van der Waals surface area contributed by atoms with Crippen molar-refractivity contribution in [2.45, 2.75) is 62.0 Å². The van der Waals surface area contributed by atoms with E-state index in [2.05, 4.69) is 18.5 Å². The van der Waals surface area contributed by atoms with Crippen LogP contribution >= 0.6 is 0 Å². The highest BCUT2D eigenvalue weighted by atomic mass is 16.6. The number of likely N-dealkylation sites (tertiary alicyclic amines) is 1. The van der Waals surface area contributed by atoms with Gasteiger partial charge in [0.05, 0.1) is 30.6 Å². The topological polar surface area (TPSA) is 135 Å². The average Bonchev–Trinajstić information content (AvgIpc) is 3.81. The lowest BCUT2D eigenvalue weighted by atomic mass is 9.70. The fourth-order valence-corrected chi connectivity index (χ4v) is 8.25. The molecule has 2 bridgehead atoms. The number of ether oxygens (including phenoxy) is 3. The van der Waals surface area contributed by atoms with Crippen LogP contribution in [-0.2, 0) is 33.4 Å². The molecule has 1 spiro atoms. The number of aliphatic hydroxyl groups is 1. The third kappa shape index (κ3) is 7.00. The molecule has 274 valence electrons. The predicted molar refractivity (Wildman–Crippen MR) is 196 cm³/mol. The Labute approximate surface area is 304 Å². The van der Waals surface area contributed by atoms with E-state index in [1.165, 1.54) is 12.0 Å². The van der Waals surface area contributed by atoms with E-state index < -0.39 is 47.7 Å². The lowest BCUT2D eigenvalue weighted by Gasteiger charge is -2.37. The molecule has 3 fully saturated rings. The maximum absolute atomic E-state index is 14.9. The van der Waals surface area contributed by atoms with Crippen molar-refractivity contribution < 1.29 is 38.5 Å². The molecule has 2 N–H and O–H groups in total. The summed E-state index contributed by atoms with van der Waals surface area (Å²) in [6.45, 7) is 7.76. The Morgan fingerprint density at radius 1 is 1.08 bits per heavy atom. The number of rotatable bonds is 17. The average molecular weight is 710 g/mol. The second-order valence-electron chi connectivity index (χ2n) is 13.7. The Morgan fingerprint density at radius 2 is 1.83 bits per heavy atom. The number of methoxy groups -OCH3 is 1. The third-order valence-electron chi connectivity index (χ3n) is 10.5. The van der Waals surface area contributed by atoms with Gasteiger partial charge < -0.3 is 34.4 Å². The fraction of sp³-hybridized carbons (Fsp3) is 0.415. The van der Waals surface area contributed by atoms with Crippen LogP contribution in [0, 0.1) is 11.8 Å². The number of fused-ring (bicyclic) bond motifs is 2. The van der Waals surface area contributed by atoms with Gasteiger partial charge in [0.1, 0.15) is 17.7 Å². The second-order valence-corrected chi connectivity index (χ2v) is 13.7. The lowest BCUT2D eigenvalue weighted by molar-refractivity contribution is -0.163. The molecule has 3 heterocycles. The minimum absolute atomic E-state index is 0.0585. The highest BCUT2D eigenvalue weighted by Crippen LogP contribution is 2.59. The Morgan fingerprint density at radius 3 is 2.54 bits per heavy atom. The van der Waals surface area contributed by atoms with E-state index in [0.29, 0.717) is 30.5 Å². The van der Waals surface area contributed by atoms with Crippen molar-refractivity contribution in [1.82, 2.24) is 10.2 Å². The zero-order valence-electron chi connectivity index (χ0n) is 29.5. The van der Waals surface area contributed by atoms with Crippen LogP contribution in [0.1, 0.15) is 43.8 Å². The summed E-state index contributed by atoms with van der Waals surface area (Å²) in [5, 5.41) is 14.7. The van der Waals surface area contributed by atoms with Crippen LogP contribution in [-0.4, -0.2) is 90.9 Å². The van der Waals surface area contributed by atoms with Gasteiger partial charge in [-0.25, -0.2) is 0 Å². The van der Waals surface area contributed by atoms with Gasteiger partial charge in [0.15, 0.2) is 0 Å². The molecule has 3 aromatic carbocycles. The first-order chi connectivity index (χ1) is 25.3. The standard InChI is InChI=1S/C41H47N3O8/c1-4-6-17-33(46)42-31(26-50-3)36(28-14-8-7-9-15-28)51-40(49)34-32-20-21-41(52-32)35(34)38(47)44(23-12-24-45)37(41)39(48)43(22-5-2)30-19-18-27-13-10-11-16-29(27)25-30/h4-5,7-11,13-16,18-19,25,31-32,34-37,45H,1-2,6,12,17,20-24,26H2,3H3,(H,42,46)/t31-,32+,34-,35-,36-,37+,41-/m1/s1. The summed E-state index contributed by atoms with van der Waals surface area (Å²) in [6.07, 6.45) is 3.49. The largest absolute Gasteiger partial charge is 0.455 e. The number of nitrogens with one attached hydrogen (secondary N) is 1. The van der Waals surface area contributed by atoms with Crippen LogP contribution in [0.3, 0.4) is 0 Å². The molecule has 0 saturated carbocycles. The van der Waals surface area contributed by atoms with Gasteiger partial charge in [-0.05, 0) is 54.2 Å². The van der Waals surface area contributed by atoms with E-state index in [9.17, 15) is 24.3 Å². The monoisotopic (exact) mass is 709 g/mol. The van der Waals surface area contributed by atoms with Crippen molar-refractivity contribution in [3.05, 3.63) is 104 Å². The number of amides is 3. The number of esters is 1. The van der Waals surface area contributed by atoms with Gasteiger partial charge in [0, 0.05) is 38.9 Å². The van der Waals surface area contributed by atoms with Crippen molar-refractivity contribution in [3.63, 3.8) is 0 Å². The Bertz CT molecular complexity index is 1800. The summed E-state index contributed by atoms with van der Waals surface area (Å²) in [5.41, 5.74) is 0.0134. The molecule has 3 aliphatic rings. The number of carbonyl (C=O) groups is 4. The number of allylic oxidation sites excluding steroid dienone is 1. The Balaban J connectivity index is 1.33. The number of nitrogens with zero attached hydrogens (tertiary/aromatic N) is 2. The van der Waals surface area contributed by atoms with E-state index in [1.807, 2.05) is 72.8 Å². The predicted octanol–water partition coefficient (Wildman–Crippen LogP) is 4.50. The SMILES string of the molecule is C=CCCC(=O)N[C@H](COC)[C@H](OC(=O)[C@@H]1[C@@H]2CC[C@]3(O2)[C@H](C(=O)N(CC=C)c2ccc4ccccc4c2)N(CCCO)C(=O)[C@@H]13)c1ccccc1. The number of hydrogen-bond donors (Lipinski definition) is 2. The van der Waals surface area contributed by atoms with Gasteiger partial charge >= 0.3 is 5.97 Å². The molecule has 6 rings (SSSR count). The summed E-state index contributed by atoms with van der Waals surface area (Å²) in [7, 11) is 1.50. The van der Waals surface area contributed by atoms with Crippen LogP contribution < -0.4 is 10.2 Å². The molecule has 52 heavy (non-hydrogen) atoms. The van der Waals surface area contributed by atoms with Gasteiger partial charge in [0.2, 0.25) is 11.8 Å². The molecular weight excluding hydrogens is 662 g/mol. The van der Waals surface area contributed by atoms with Crippen LogP contribution in [0.15, 0.2) is 98.1 Å². The van der Waals surface area contributed by atoms with Gasteiger partial charge in [-0.15, -0.1) is 13.2 Å². The molecule has 0 aromatic heterocycles. The fourth-order valence-electron chi connectivity index (χ4n) is 8.25. The summed E-state index contributed by atoms with van der Waals surface area (Å²) in [4.78, 5) is 59.8. The highest BCUT2D eigenvalue weighted by Gasteiger charge is 2.75. The minimum atomic E-state index is -1.28. The van der Waals surface area contributed by atoms with Crippen LogP contribution in [0.4, 0.5) is 5.69 Å². The van der Waals surface area contributed by atoms with Gasteiger partial charge in [-0.2, -0.15) is 0 Å². The normalized spacial score (nSPS) is 24.3. The third-order valence-corrected chi connectivity index (χ3v) is 10.5. The van der Waals surface area contributed by atoms with E-state index in [0.717, 1.165) is 10.8 Å². The maximum Gasteiger partial charge on any atom is 0.313 e. The summed E-state index contributed by atoms with van der Waals surface area (Å²) >= 11 is 0. The molecule has 3 amide bonds. The number of benzene rings is 3. The summed E-state index contributed by atoms with van der Waals surface area (Å²) < 4.78 is 18.4. The first-order valence-electron chi connectivity index (χ1n) is 17.9. The first kappa shape index (κ1) is 36.9. The van der Waals surface area contributed by atoms with Gasteiger partial charge in [-0.1, -0.05) is 72.8 Å². The molecule has 3 saturated heterocycles. The minimum Gasteiger partial charge on any atom is -0.455 e. The highest BCUT2D eigenvalue weighted by molar-refractivity contribution is 6.05. The van der Waals surface area contributed by atoms with Crippen molar-refractivity contribution in [2.75, 3.05) is 38.3 Å². The second kappa shape index (κ2) is 16.2. The zero-order valence-corrected chi connectivity index (χ0v) is 29.5. The van der Waals surface area contributed by atoms with Crippen molar-refractivity contribution in [3.8, 4) is 0 Å². The molecule has 3 aromatic rings. The molecule has 3 aliphatic heterocycles. The van der Waals surface area contributed by atoms with Crippen LogP contribution in [0.5, 0.6) is 0 Å². The van der Waals surface area contributed by atoms with Crippen molar-refractivity contribution >= 4 is 40.2 Å². The van der Waals surface area contributed by atoms with E-state index >= 15 is 0 Å². The number of hydrogen-bond acceptors (Lipinski definition) is 8. The zero-order chi connectivity index (χ0) is 36.8. The van der Waals surface area contributed by atoms with Crippen molar-refractivity contribution in [2.24, 2.45) is 11.8 Å². The molecule has 11 nitrogen and oxygen atoms in total. The maximum atomic E-state index is 14.9. The number of carbonyl (C=O) groups excluding carboxylic acids is 4. The molecule has 0 radical (unpaired) electrons. The summed E-state index contributed by atoms with van der Waals surface area (Å²) in [5.74, 6) is -3.59. The molecule has 11 heteroatoms. The number of anilines is 1. The molecule has 0 aliphatic carbocycles. The molecule has 0 unspecified atom stereocenters. The summed E-state index contributed by atoms with van der Waals surface area (Å²) in [6, 6.07) is 20.9. The first-order valence-corrected chi connectivity index (χ1v) is 17.9. The molecular formula is C41H47N3O8. The van der Waals surface area contributed by atoms with Crippen LogP contribution in [0.25, 0.3) is 10.8 Å². The van der Waals surface area contributed by atoms with Gasteiger partial charge in [0.25, 0.3) is 5.91 Å². The van der Waals surface area contributed by atoms with Crippen molar-refractivity contribution in [1.29, 1.82) is 0 Å². The molecule has 7 atom stereocenters. The quantitative estimate of drug-likeness (QED) is 0.155. The Kier molecular flexibility index (Phi) is 11.5. The van der Waals surface area contributed by atoms with Gasteiger partial charge in [-0.3, -0.25) is 19.2 Å². The smallest absolute Gasteiger partial charge is 0.313 e. The Hall–Kier alpha value is -4.84. The van der Waals surface area contributed by atoms with E-state index in [4.69, 9.17) is 14.2 Å².